The van der Waals surface area contributed by atoms with Crippen molar-refractivity contribution in [3.63, 3.8) is 0 Å². The fourth-order valence-corrected chi connectivity index (χ4v) is 6.72. The van der Waals surface area contributed by atoms with Gasteiger partial charge in [-0.05, 0) is 31.4 Å². The van der Waals surface area contributed by atoms with Crippen LogP contribution in [0.4, 0.5) is 0 Å². The van der Waals surface area contributed by atoms with Crippen molar-refractivity contribution >= 4 is 32.7 Å². The fourth-order valence-electron chi connectivity index (χ4n) is 5.35. The number of nitrogens with one attached hydrogen (secondary N) is 3. The first-order valence-electron chi connectivity index (χ1n) is 13.7. The fraction of sp³-hybridized carbons (Fsp3) is 0.367. The summed E-state index contributed by atoms with van der Waals surface area (Å²) in [6, 6.07) is 16.7. The molecule has 1 unspecified atom stereocenters. The monoisotopic (exact) mass is 576 g/mol. The minimum Gasteiger partial charge on any atom is -0.497 e. The first-order chi connectivity index (χ1) is 19.7. The summed E-state index contributed by atoms with van der Waals surface area (Å²) >= 11 is 0. The van der Waals surface area contributed by atoms with Crippen LogP contribution < -0.4 is 24.8 Å². The average Bonchev–Trinajstić information content (AvgIpc) is 3.90. The molecule has 2 saturated carbocycles. The van der Waals surface area contributed by atoms with Crippen LogP contribution in [0.2, 0.25) is 0 Å². The predicted molar refractivity (Wildman–Crippen MR) is 154 cm³/mol. The Bertz CT molecular complexity index is 1620. The maximum atomic E-state index is 13.3. The van der Waals surface area contributed by atoms with Gasteiger partial charge in [0.1, 0.15) is 23.1 Å². The highest BCUT2D eigenvalue weighted by molar-refractivity contribution is 7.91. The number of amides is 2. The summed E-state index contributed by atoms with van der Waals surface area (Å²) in [5, 5.41) is 6.29. The largest absolute Gasteiger partial charge is 0.497 e. The number of carbonyl (C=O) groups excluding carboxylic acids is 2. The lowest BCUT2D eigenvalue weighted by atomic mass is 10.1. The van der Waals surface area contributed by atoms with Gasteiger partial charge in [0.25, 0.3) is 5.91 Å². The molecule has 3 aromatic rings. The van der Waals surface area contributed by atoms with Crippen molar-refractivity contribution in [3.8, 4) is 22.8 Å². The number of fused-ring (bicyclic) bond motifs is 1. The van der Waals surface area contributed by atoms with Crippen molar-refractivity contribution in [1.82, 2.24) is 20.3 Å². The van der Waals surface area contributed by atoms with Crippen LogP contribution in [0, 0.1) is 5.92 Å². The van der Waals surface area contributed by atoms with Crippen molar-refractivity contribution in [3.05, 3.63) is 67.3 Å². The second kappa shape index (κ2) is 10.5. The molecule has 0 bridgehead atoms. The number of aromatic nitrogens is 1. The lowest BCUT2D eigenvalue weighted by molar-refractivity contribution is -0.130. The van der Waals surface area contributed by atoms with Gasteiger partial charge in [0, 0.05) is 42.0 Å². The molecule has 3 aliphatic rings. The zero-order valence-electron chi connectivity index (χ0n) is 22.6. The summed E-state index contributed by atoms with van der Waals surface area (Å²) in [7, 11) is -2.13. The molecule has 1 aliphatic heterocycles. The van der Waals surface area contributed by atoms with Crippen LogP contribution in [0.3, 0.4) is 0 Å². The number of sulfonamides is 1. The van der Waals surface area contributed by atoms with Crippen LogP contribution >= 0.6 is 0 Å². The van der Waals surface area contributed by atoms with Gasteiger partial charge < -0.3 is 20.1 Å². The van der Waals surface area contributed by atoms with E-state index in [-0.39, 0.29) is 17.9 Å². The number of nitrogens with zero attached hydrogens (tertiary/aromatic N) is 1. The second-order valence-corrected chi connectivity index (χ2v) is 12.8. The summed E-state index contributed by atoms with van der Waals surface area (Å²) in [5.41, 5.74) is 1.10. The summed E-state index contributed by atoms with van der Waals surface area (Å²) in [6.07, 6.45) is 2.99. The molecule has 1 aromatic heterocycles. The Kier molecular flexibility index (Phi) is 6.95. The zero-order valence-corrected chi connectivity index (χ0v) is 23.4. The minimum absolute atomic E-state index is 0.301. The number of rotatable bonds is 10. The Morgan fingerprint density at radius 1 is 1.15 bits per heavy atom. The third-order valence-electron chi connectivity index (χ3n) is 8.00. The maximum absolute atomic E-state index is 13.3. The highest BCUT2D eigenvalue weighted by Gasteiger charge is 2.61. The average molecular weight is 577 g/mol. The molecule has 2 aliphatic carbocycles. The van der Waals surface area contributed by atoms with Crippen molar-refractivity contribution in [1.29, 1.82) is 0 Å². The maximum Gasteiger partial charge on any atom is 0.259 e. The summed E-state index contributed by atoms with van der Waals surface area (Å²) in [5.74, 6) is -0.110. The predicted octanol–water partition coefficient (Wildman–Crippen LogP) is 2.69. The van der Waals surface area contributed by atoms with Crippen molar-refractivity contribution in [2.24, 2.45) is 5.92 Å². The summed E-state index contributed by atoms with van der Waals surface area (Å²) in [6.45, 7) is 4.16. The van der Waals surface area contributed by atoms with E-state index in [2.05, 4.69) is 21.9 Å². The normalized spacial score (nSPS) is 25.3. The number of benzene rings is 2. The first-order valence-corrected chi connectivity index (χ1v) is 15.2. The highest BCUT2D eigenvalue weighted by atomic mass is 32.2. The lowest BCUT2D eigenvalue weighted by Crippen LogP contribution is -2.55. The van der Waals surface area contributed by atoms with E-state index in [0.717, 1.165) is 22.2 Å². The Labute approximate surface area is 238 Å². The van der Waals surface area contributed by atoms with Crippen LogP contribution in [0.25, 0.3) is 22.2 Å². The van der Waals surface area contributed by atoms with Gasteiger partial charge in [0.2, 0.25) is 15.9 Å². The van der Waals surface area contributed by atoms with Gasteiger partial charge >= 0.3 is 0 Å². The topological polar surface area (TPSA) is 136 Å². The molecule has 2 heterocycles. The highest BCUT2D eigenvalue weighted by Crippen LogP contribution is 2.45. The molecule has 11 heteroatoms. The van der Waals surface area contributed by atoms with E-state index in [1.807, 2.05) is 54.6 Å². The van der Waals surface area contributed by atoms with Gasteiger partial charge in [-0.1, -0.05) is 36.4 Å². The zero-order chi connectivity index (χ0) is 28.8. The molecule has 2 aromatic carbocycles. The number of ether oxygens (including phenoxy) is 2. The molecule has 6 rings (SSSR count). The number of carbonyl (C=O) groups is 2. The number of methoxy groups -OCH3 is 1. The third kappa shape index (κ3) is 5.39. The summed E-state index contributed by atoms with van der Waals surface area (Å²) in [4.78, 5) is 31.1. The molecule has 10 nitrogen and oxygen atoms in total. The molecule has 0 spiro atoms. The second-order valence-electron chi connectivity index (χ2n) is 10.9. The van der Waals surface area contributed by atoms with Gasteiger partial charge in [-0.15, -0.1) is 6.58 Å². The van der Waals surface area contributed by atoms with E-state index in [4.69, 9.17) is 14.5 Å². The van der Waals surface area contributed by atoms with Crippen LogP contribution in [-0.4, -0.2) is 61.8 Å². The SMILES string of the molecule is C=C[C@@H]1C[C@]1(NC(=O)[C@@H]1CC(Oc2cc(-c3ccccc3)nc3cc(OC)ccc23)CN1)C(=O)NS(=O)(=O)C1CC1. The van der Waals surface area contributed by atoms with Crippen LogP contribution in [-0.2, 0) is 19.6 Å². The van der Waals surface area contributed by atoms with E-state index in [0.29, 0.717) is 43.7 Å². The molecule has 214 valence electrons. The number of hydrogen-bond acceptors (Lipinski definition) is 8. The van der Waals surface area contributed by atoms with Crippen LogP contribution in [0.5, 0.6) is 11.5 Å². The minimum atomic E-state index is -3.74. The van der Waals surface area contributed by atoms with Crippen molar-refractivity contribution in [2.75, 3.05) is 13.7 Å². The molecule has 2 amide bonds. The molecule has 3 fully saturated rings. The quantitative estimate of drug-likeness (QED) is 0.314. The Morgan fingerprint density at radius 3 is 2.61 bits per heavy atom. The van der Waals surface area contributed by atoms with Gasteiger partial charge in [-0.2, -0.15) is 0 Å². The third-order valence-corrected chi connectivity index (χ3v) is 9.82. The van der Waals surface area contributed by atoms with Crippen LogP contribution in [0.1, 0.15) is 25.7 Å². The molecule has 1 saturated heterocycles. The smallest absolute Gasteiger partial charge is 0.259 e. The van der Waals surface area contributed by atoms with E-state index in [9.17, 15) is 18.0 Å². The van der Waals surface area contributed by atoms with Gasteiger partial charge in [0.05, 0.1) is 29.6 Å². The van der Waals surface area contributed by atoms with Crippen molar-refractivity contribution in [2.45, 2.75) is 48.6 Å². The van der Waals surface area contributed by atoms with Gasteiger partial charge in [-0.3, -0.25) is 14.3 Å². The van der Waals surface area contributed by atoms with E-state index in [1.54, 1.807) is 13.2 Å². The van der Waals surface area contributed by atoms with Gasteiger partial charge in [0.15, 0.2) is 0 Å². The molecule has 3 N–H and O–H groups in total. The number of hydrogen-bond donors (Lipinski definition) is 3. The van der Waals surface area contributed by atoms with Crippen LogP contribution in [0.15, 0.2) is 67.3 Å². The van der Waals surface area contributed by atoms with E-state index < -0.39 is 32.8 Å². The molecular weight excluding hydrogens is 544 g/mol. The summed E-state index contributed by atoms with van der Waals surface area (Å²) < 4.78 is 38.7. The first kappa shape index (κ1) is 27.2. The molecule has 4 atom stereocenters. The Morgan fingerprint density at radius 2 is 1.93 bits per heavy atom. The number of pyridine rings is 1. The lowest BCUT2D eigenvalue weighted by Gasteiger charge is -2.21. The Balaban J connectivity index is 1.17. The molecule has 0 radical (unpaired) electrons. The van der Waals surface area contributed by atoms with Crippen molar-refractivity contribution < 1.29 is 27.5 Å². The van der Waals surface area contributed by atoms with E-state index in [1.165, 1.54) is 0 Å². The standard InChI is InChI=1S/C30H32N4O6S/c1-3-19-16-30(19,29(36)34-41(37,38)22-10-11-22)33-28(35)26-14-21(17-31-26)40-27-15-24(18-7-5-4-6-8-18)32-25-13-20(39-2)9-12-23(25)27/h3-9,12-13,15,19,21-22,26,31H,1,10-11,14,16-17H2,2H3,(H,33,35)(H,34,36)/t19-,21?,26+,30-/m1/s1. The molecule has 41 heavy (non-hydrogen) atoms. The Hall–Kier alpha value is -3.96. The van der Waals surface area contributed by atoms with Gasteiger partial charge in [-0.25, -0.2) is 13.4 Å². The molecular formula is C30H32N4O6S. The van der Waals surface area contributed by atoms with E-state index >= 15 is 0 Å².